The summed E-state index contributed by atoms with van der Waals surface area (Å²) in [6, 6.07) is 8.05. The third-order valence-electron chi connectivity index (χ3n) is 5.47. The van der Waals surface area contributed by atoms with Crippen LogP contribution in [-0.4, -0.2) is 50.1 Å². The molecule has 0 saturated carbocycles. The Morgan fingerprint density at radius 1 is 1.28 bits per heavy atom. The predicted molar refractivity (Wildman–Crippen MR) is 133 cm³/mol. The molecule has 194 valence electrons. The van der Waals surface area contributed by atoms with Gasteiger partial charge in [0.1, 0.15) is 35.7 Å². The Balaban J connectivity index is 2.51. The van der Waals surface area contributed by atoms with E-state index in [2.05, 4.69) is 21.4 Å². The number of nitrogens with zero attached hydrogens (tertiary/aromatic N) is 3. The second kappa shape index (κ2) is 12.0. The van der Waals surface area contributed by atoms with E-state index >= 15 is 4.39 Å². The number of aliphatic hydroxyl groups is 1. The zero-order valence-electron chi connectivity index (χ0n) is 21.2. The van der Waals surface area contributed by atoms with Crippen LogP contribution in [-0.2, 0) is 10.7 Å². The van der Waals surface area contributed by atoms with Crippen LogP contribution >= 0.6 is 0 Å². The Morgan fingerprint density at radius 3 is 2.53 bits per heavy atom. The number of hydrogen-bond acceptors (Lipinski definition) is 6. The van der Waals surface area contributed by atoms with Crippen molar-refractivity contribution in [3.8, 4) is 11.8 Å². The fourth-order valence-electron chi connectivity index (χ4n) is 3.45. The van der Waals surface area contributed by atoms with Gasteiger partial charge in [0.05, 0.1) is 29.5 Å². The molecule has 0 aromatic heterocycles. The summed E-state index contributed by atoms with van der Waals surface area (Å²) in [5.74, 6) is -4.38. The van der Waals surface area contributed by atoms with E-state index in [1.807, 2.05) is 0 Å². The average Bonchev–Trinajstić information content (AvgIpc) is 2.82. The fourth-order valence-corrected chi connectivity index (χ4v) is 3.45. The van der Waals surface area contributed by atoms with Gasteiger partial charge in [-0.05, 0) is 45.9 Å². The number of ether oxygens (including phenoxy) is 2. The van der Waals surface area contributed by atoms with Crippen molar-refractivity contribution in [1.29, 1.82) is 5.26 Å². The monoisotopic (exact) mass is 504 g/mol. The Bertz CT molecular complexity index is 1170. The smallest absolute Gasteiger partial charge is 0.303 e. The molecule has 0 unspecified atom stereocenters. The molecule has 10 heteroatoms. The molecule has 0 aliphatic heterocycles. The minimum atomic E-state index is -3.82. The quantitative estimate of drug-likeness (QED) is 0.269. The number of halogens is 3. The minimum absolute atomic E-state index is 0.0386. The summed E-state index contributed by atoms with van der Waals surface area (Å²) in [6.07, 6.45) is 1.55. The van der Waals surface area contributed by atoms with Gasteiger partial charge in [-0.2, -0.15) is 14.0 Å². The number of rotatable bonds is 10. The van der Waals surface area contributed by atoms with Crippen LogP contribution < -0.4 is 10.1 Å². The van der Waals surface area contributed by atoms with Crippen LogP contribution in [0.25, 0.3) is 0 Å². The summed E-state index contributed by atoms with van der Waals surface area (Å²) in [7, 11) is 3.03. The van der Waals surface area contributed by atoms with Crippen LogP contribution in [0.4, 0.5) is 18.9 Å². The average molecular weight is 505 g/mol. The Morgan fingerprint density at radius 2 is 1.97 bits per heavy atom. The van der Waals surface area contributed by atoms with E-state index < -0.39 is 28.9 Å². The molecule has 0 aliphatic carbocycles. The first kappa shape index (κ1) is 28.8. The van der Waals surface area contributed by atoms with Gasteiger partial charge in [0, 0.05) is 31.5 Å². The number of aliphatic imine (C=N–C) groups is 2. The molecule has 1 atom stereocenters. The SMILES string of the molecule is C/C=N/c1cc(C#N)c(OCCOC)cc1/C(=N\C)N[C@H](C)c1cccc(C(F)(F)C(C)(C)O)c1F. The largest absolute Gasteiger partial charge is 0.490 e. The van der Waals surface area contributed by atoms with E-state index in [9.17, 15) is 19.1 Å². The molecule has 2 rings (SSSR count). The van der Waals surface area contributed by atoms with Crippen molar-refractivity contribution in [3.63, 3.8) is 0 Å². The molecular weight excluding hydrogens is 473 g/mol. The van der Waals surface area contributed by atoms with E-state index in [1.165, 1.54) is 26.3 Å². The highest BCUT2D eigenvalue weighted by molar-refractivity contribution is 6.04. The lowest BCUT2D eigenvalue weighted by molar-refractivity contribution is -0.170. The third-order valence-corrected chi connectivity index (χ3v) is 5.47. The summed E-state index contributed by atoms with van der Waals surface area (Å²) in [5.41, 5.74) is -2.27. The van der Waals surface area contributed by atoms with Crippen LogP contribution in [0, 0.1) is 17.1 Å². The van der Waals surface area contributed by atoms with Crippen LogP contribution in [0.15, 0.2) is 40.3 Å². The third kappa shape index (κ3) is 6.22. The number of hydrogen-bond donors (Lipinski definition) is 2. The molecule has 2 aromatic rings. The first-order valence-electron chi connectivity index (χ1n) is 11.2. The topological polar surface area (TPSA) is 99.2 Å². The van der Waals surface area contributed by atoms with E-state index in [4.69, 9.17) is 9.47 Å². The summed E-state index contributed by atoms with van der Waals surface area (Å²) in [4.78, 5) is 8.57. The summed E-state index contributed by atoms with van der Waals surface area (Å²) < 4.78 is 55.4. The maximum Gasteiger partial charge on any atom is 0.303 e. The lowest BCUT2D eigenvalue weighted by Crippen LogP contribution is -2.41. The van der Waals surface area contributed by atoms with Gasteiger partial charge in [0.25, 0.3) is 0 Å². The second-order valence-corrected chi connectivity index (χ2v) is 8.49. The molecule has 0 aliphatic rings. The molecule has 0 saturated heterocycles. The summed E-state index contributed by atoms with van der Waals surface area (Å²) in [6.45, 7) is 5.67. The highest BCUT2D eigenvalue weighted by atomic mass is 19.3. The van der Waals surface area contributed by atoms with Crippen molar-refractivity contribution < 1.29 is 27.8 Å². The van der Waals surface area contributed by atoms with Gasteiger partial charge in [0.2, 0.25) is 0 Å². The van der Waals surface area contributed by atoms with Crippen LogP contribution in [0.1, 0.15) is 56.0 Å². The van der Waals surface area contributed by atoms with E-state index in [1.54, 1.807) is 32.2 Å². The van der Waals surface area contributed by atoms with E-state index in [0.29, 0.717) is 17.9 Å². The van der Waals surface area contributed by atoms with Gasteiger partial charge in [-0.25, -0.2) is 4.39 Å². The molecule has 0 fully saturated rings. The van der Waals surface area contributed by atoms with E-state index in [0.717, 1.165) is 19.9 Å². The first-order valence-corrected chi connectivity index (χ1v) is 11.2. The summed E-state index contributed by atoms with van der Waals surface area (Å²) >= 11 is 0. The molecular formula is C26H31F3N4O3. The predicted octanol–water partition coefficient (Wildman–Crippen LogP) is 5.03. The molecule has 0 spiro atoms. The lowest BCUT2D eigenvalue weighted by Gasteiger charge is -2.30. The number of nitriles is 1. The van der Waals surface area contributed by atoms with Crippen LogP contribution in [0.3, 0.4) is 0 Å². The van der Waals surface area contributed by atoms with Crippen LogP contribution in [0.5, 0.6) is 5.75 Å². The number of alkyl halides is 2. The molecule has 36 heavy (non-hydrogen) atoms. The molecule has 7 nitrogen and oxygen atoms in total. The Kier molecular flexibility index (Phi) is 9.62. The zero-order chi connectivity index (χ0) is 27.1. The van der Waals surface area contributed by atoms with Gasteiger partial charge in [-0.15, -0.1) is 0 Å². The van der Waals surface area contributed by atoms with Gasteiger partial charge < -0.3 is 19.9 Å². The van der Waals surface area contributed by atoms with E-state index in [-0.39, 0.29) is 29.3 Å². The van der Waals surface area contributed by atoms with Crippen molar-refractivity contribution in [3.05, 3.63) is 58.4 Å². The molecule has 2 N–H and O–H groups in total. The number of methoxy groups -OCH3 is 1. The van der Waals surface area contributed by atoms with Crippen molar-refractivity contribution in [2.45, 2.75) is 45.3 Å². The zero-order valence-corrected chi connectivity index (χ0v) is 21.2. The lowest BCUT2D eigenvalue weighted by atomic mass is 9.91. The maximum absolute atomic E-state index is 15.3. The number of amidine groups is 1. The number of benzene rings is 2. The molecule has 0 heterocycles. The fraction of sp³-hybridized carbons (Fsp3) is 0.423. The molecule has 0 amide bonds. The molecule has 0 bridgehead atoms. The van der Waals surface area contributed by atoms with Crippen molar-refractivity contribution in [2.75, 3.05) is 27.4 Å². The minimum Gasteiger partial charge on any atom is -0.490 e. The summed E-state index contributed by atoms with van der Waals surface area (Å²) in [5, 5.41) is 22.5. The standard InChI is InChI=1S/C26H31F3N4O3/c1-7-32-21-13-17(15-30)22(36-12-11-35-6)14-19(21)24(31-5)33-16(2)18-9-8-10-20(23(18)27)26(28,29)25(3,4)34/h7-10,13-14,16,34H,11-12H2,1-6H3,(H,31,33)/b32-7+/t16-/m1/s1. The Hall–Kier alpha value is -3.42. The normalized spacial score (nSPS) is 13.5. The molecule has 0 radical (unpaired) electrons. The van der Waals surface area contributed by atoms with Gasteiger partial charge in [-0.1, -0.05) is 12.1 Å². The Labute approximate surface area is 209 Å². The maximum atomic E-state index is 15.3. The second-order valence-electron chi connectivity index (χ2n) is 8.49. The first-order chi connectivity index (χ1) is 16.9. The van der Waals surface area contributed by atoms with Crippen molar-refractivity contribution in [2.24, 2.45) is 9.98 Å². The van der Waals surface area contributed by atoms with Gasteiger partial charge >= 0.3 is 5.92 Å². The number of nitrogens with one attached hydrogen (secondary N) is 1. The van der Waals surface area contributed by atoms with Crippen LogP contribution in [0.2, 0.25) is 0 Å². The highest BCUT2D eigenvalue weighted by Crippen LogP contribution is 2.41. The van der Waals surface area contributed by atoms with Crippen molar-refractivity contribution in [1.82, 2.24) is 5.32 Å². The van der Waals surface area contributed by atoms with Gasteiger partial charge in [-0.3, -0.25) is 9.98 Å². The molecule has 2 aromatic carbocycles. The van der Waals surface area contributed by atoms with Crippen molar-refractivity contribution >= 4 is 17.7 Å². The van der Waals surface area contributed by atoms with Gasteiger partial charge in [0.15, 0.2) is 0 Å². The highest BCUT2D eigenvalue weighted by Gasteiger charge is 2.49.